The number of nitrogens with zero attached hydrogens (tertiary/aromatic N) is 1. The van der Waals surface area contributed by atoms with Crippen LogP contribution in [0.4, 0.5) is 0 Å². The Hall–Kier alpha value is -1.82. The Morgan fingerprint density at radius 1 is 1.21 bits per heavy atom. The molecule has 4 nitrogen and oxygen atoms in total. The Kier molecular flexibility index (Phi) is 7.31. The summed E-state index contributed by atoms with van der Waals surface area (Å²) in [5.74, 6) is 0.698. The minimum atomic E-state index is 0.294. The monoisotopic (exact) mass is 381 g/mol. The lowest BCUT2D eigenvalue weighted by atomic mass is 10.2. The Bertz CT molecular complexity index is 717. The molecule has 7 heteroatoms. The third-order valence-corrected chi connectivity index (χ3v) is 3.96. The summed E-state index contributed by atoms with van der Waals surface area (Å²) < 4.78 is 5.77. The molecule has 0 saturated heterocycles. The molecule has 0 aromatic heterocycles. The summed E-state index contributed by atoms with van der Waals surface area (Å²) >= 11 is 17.3. The molecule has 0 radical (unpaired) electrons. The van der Waals surface area contributed by atoms with Crippen LogP contribution in [0.25, 0.3) is 0 Å². The normalized spacial score (nSPS) is 10.6. The topological polar surface area (TPSA) is 45.7 Å². The summed E-state index contributed by atoms with van der Waals surface area (Å²) in [6.45, 7) is 3.00. The van der Waals surface area contributed by atoms with Gasteiger partial charge >= 0.3 is 0 Å². The lowest BCUT2D eigenvalue weighted by molar-refractivity contribution is 0.306. The van der Waals surface area contributed by atoms with Gasteiger partial charge in [-0.05, 0) is 49.0 Å². The van der Waals surface area contributed by atoms with Crippen molar-refractivity contribution in [3.05, 3.63) is 63.6 Å². The van der Waals surface area contributed by atoms with E-state index in [0.717, 1.165) is 17.7 Å². The van der Waals surface area contributed by atoms with Gasteiger partial charge in [0.15, 0.2) is 5.11 Å². The second-order valence-electron chi connectivity index (χ2n) is 4.79. The number of halogens is 2. The van der Waals surface area contributed by atoms with Crippen molar-refractivity contribution in [2.75, 3.05) is 6.54 Å². The van der Waals surface area contributed by atoms with Crippen LogP contribution in [-0.2, 0) is 6.61 Å². The van der Waals surface area contributed by atoms with Crippen molar-refractivity contribution in [2.45, 2.75) is 13.5 Å². The smallest absolute Gasteiger partial charge is 0.186 e. The highest BCUT2D eigenvalue weighted by atomic mass is 35.5. The number of rotatable bonds is 6. The Balaban J connectivity index is 1.98. The molecule has 0 unspecified atom stereocenters. The lowest BCUT2D eigenvalue weighted by Crippen LogP contribution is -2.31. The molecule has 0 aliphatic carbocycles. The first-order valence-electron chi connectivity index (χ1n) is 7.32. The average molecular weight is 382 g/mol. The van der Waals surface area contributed by atoms with Crippen LogP contribution in [0.2, 0.25) is 10.0 Å². The van der Waals surface area contributed by atoms with E-state index in [1.165, 1.54) is 0 Å². The van der Waals surface area contributed by atoms with Gasteiger partial charge in [0.2, 0.25) is 0 Å². The number of hydrazone groups is 1. The Morgan fingerprint density at radius 2 is 1.92 bits per heavy atom. The highest BCUT2D eigenvalue weighted by Gasteiger charge is 2.06. The molecule has 0 saturated carbocycles. The van der Waals surface area contributed by atoms with Crippen LogP contribution in [0.15, 0.2) is 47.6 Å². The largest absolute Gasteiger partial charge is 0.489 e. The first-order valence-corrected chi connectivity index (χ1v) is 8.49. The average Bonchev–Trinajstić information content (AvgIpc) is 2.55. The maximum Gasteiger partial charge on any atom is 0.186 e. The molecule has 0 fully saturated rings. The van der Waals surface area contributed by atoms with E-state index in [1.54, 1.807) is 24.4 Å². The molecule has 0 heterocycles. The van der Waals surface area contributed by atoms with Crippen LogP contribution < -0.4 is 15.5 Å². The van der Waals surface area contributed by atoms with Crippen LogP contribution in [0, 0.1) is 0 Å². The zero-order valence-corrected chi connectivity index (χ0v) is 15.4. The maximum atomic E-state index is 6.14. The van der Waals surface area contributed by atoms with E-state index >= 15 is 0 Å². The molecule has 2 aromatic rings. The maximum absolute atomic E-state index is 6.14. The molecule has 0 bridgehead atoms. The standard InChI is InChI=1S/C17H17Cl2N3OS/c1-2-20-17(24)22-21-10-12-5-3-6-13(9-12)23-11-14-15(18)7-4-8-16(14)19/h3-10H,2,11H2,1H3,(H2,20,22,24)/b21-10-. The summed E-state index contributed by atoms with van der Waals surface area (Å²) in [7, 11) is 0. The van der Waals surface area contributed by atoms with Gasteiger partial charge < -0.3 is 10.1 Å². The van der Waals surface area contributed by atoms with Gasteiger partial charge in [0.05, 0.1) is 6.21 Å². The summed E-state index contributed by atoms with van der Waals surface area (Å²) in [4.78, 5) is 0. The van der Waals surface area contributed by atoms with Crippen molar-refractivity contribution in [1.29, 1.82) is 0 Å². The van der Waals surface area contributed by atoms with Crippen molar-refractivity contribution >= 4 is 46.7 Å². The number of benzene rings is 2. The number of hydrogen-bond donors (Lipinski definition) is 2. The van der Waals surface area contributed by atoms with E-state index in [2.05, 4.69) is 15.8 Å². The number of ether oxygens (including phenoxy) is 1. The molecule has 2 rings (SSSR count). The van der Waals surface area contributed by atoms with Crippen LogP contribution in [-0.4, -0.2) is 17.9 Å². The van der Waals surface area contributed by atoms with Crippen LogP contribution in [0.5, 0.6) is 5.75 Å². The molecule has 2 aromatic carbocycles. The zero-order valence-electron chi connectivity index (χ0n) is 13.1. The molecular weight excluding hydrogens is 365 g/mol. The quantitative estimate of drug-likeness (QED) is 0.442. The fourth-order valence-electron chi connectivity index (χ4n) is 1.88. The Morgan fingerprint density at radius 3 is 2.62 bits per heavy atom. The second-order valence-corrected chi connectivity index (χ2v) is 6.01. The summed E-state index contributed by atoms with van der Waals surface area (Å²) in [5.41, 5.74) is 4.38. The van der Waals surface area contributed by atoms with Crippen molar-refractivity contribution in [2.24, 2.45) is 5.10 Å². The first kappa shape index (κ1) is 18.5. The number of hydrogen-bond acceptors (Lipinski definition) is 3. The van der Waals surface area contributed by atoms with Crippen molar-refractivity contribution in [1.82, 2.24) is 10.7 Å². The van der Waals surface area contributed by atoms with Gasteiger partial charge in [-0.15, -0.1) is 0 Å². The molecule has 0 amide bonds. The van der Waals surface area contributed by atoms with Crippen molar-refractivity contribution in [3.8, 4) is 5.75 Å². The van der Waals surface area contributed by atoms with Gasteiger partial charge in [-0.25, -0.2) is 0 Å². The van der Waals surface area contributed by atoms with E-state index < -0.39 is 0 Å². The Labute approximate surface area is 156 Å². The third kappa shape index (κ3) is 5.67. The van der Waals surface area contributed by atoms with Crippen LogP contribution in [0.1, 0.15) is 18.1 Å². The molecule has 126 valence electrons. The minimum absolute atomic E-state index is 0.294. The highest BCUT2D eigenvalue weighted by molar-refractivity contribution is 7.80. The van der Waals surface area contributed by atoms with E-state index in [-0.39, 0.29) is 0 Å². The van der Waals surface area contributed by atoms with Gasteiger partial charge in [-0.1, -0.05) is 41.4 Å². The second kappa shape index (κ2) is 9.47. The predicted octanol–water partition coefficient (Wildman–Crippen LogP) is 4.39. The lowest BCUT2D eigenvalue weighted by Gasteiger charge is -2.10. The molecule has 24 heavy (non-hydrogen) atoms. The van der Waals surface area contributed by atoms with Crippen LogP contribution >= 0.6 is 35.4 Å². The van der Waals surface area contributed by atoms with E-state index in [4.69, 9.17) is 40.2 Å². The van der Waals surface area contributed by atoms with E-state index in [9.17, 15) is 0 Å². The van der Waals surface area contributed by atoms with Crippen molar-refractivity contribution in [3.63, 3.8) is 0 Å². The van der Waals surface area contributed by atoms with Gasteiger partial charge in [0, 0.05) is 22.2 Å². The fourth-order valence-corrected chi connectivity index (χ4v) is 2.58. The summed E-state index contributed by atoms with van der Waals surface area (Å²) in [6.07, 6.45) is 1.67. The number of thiocarbonyl (C=S) groups is 1. The SMILES string of the molecule is CCNC(=S)N/N=C\c1cccc(OCc2c(Cl)cccc2Cl)c1. The first-order chi connectivity index (χ1) is 11.6. The van der Waals surface area contributed by atoms with Gasteiger partial charge in [0.1, 0.15) is 12.4 Å². The number of nitrogens with one attached hydrogen (secondary N) is 2. The van der Waals surface area contributed by atoms with Gasteiger partial charge in [-0.2, -0.15) is 5.10 Å². The van der Waals surface area contributed by atoms with E-state index in [1.807, 2.05) is 31.2 Å². The zero-order chi connectivity index (χ0) is 17.4. The molecule has 0 aliphatic heterocycles. The fraction of sp³-hybridized carbons (Fsp3) is 0.176. The molecular formula is C17H17Cl2N3OS. The predicted molar refractivity (Wildman–Crippen MR) is 104 cm³/mol. The van der Waals surface area contributed by atoms with Gasteiger partial charge in [0.25, 0.3) is 0 Å². The highest BCUT2D eigenvalue weighted by Crippen LogP contribution is 2.25. The van der Waals surface area contributed by atoms with E-state index in [0.29, 0.717) is 27.5 Å². The van der Waals surface area contributed by atoms with Gasteiger partial charge in [-0.3, -0.25) is 5.43 Å². The molecule has 0 spiro atoms. The van der Waals surface area contributed by atoms with Crippen molar-refractivity contribution < 1.29 is 4.74 Å². The third-order valence-electron chi connectivity index (χ3n) is 3.02. The summed E-state index contributed by atoms with van der Waals surface area (Å²) in [6, 6.07) is 12.9. The van der Waals surface area contributed by atoms with Crippen LogP contribution in [0.3, 0.4) is 0 Å². The molecule has 2 N–H and O–H groups in total. The minimum Gasteiger partial charge on any atom is -0.489 e. The summed E-state index contributed by atoms with van der Waals surface area (Å²) in [5, 5.41) is 8.67. The molecule has 0 aliphatic rings. The molecule has 0 atom stereocenters.